The van der Waals surface area contributed by atoms with Crippen molar-refractivity contribution in [1.82, 2.24) is 9.62 Å². The zero-order valence-corrected chi connectivity index (χ0v) is 21.2. The van der Waals surface area contributed by atoms with Crippen LogP contribution in [0.25, 0.3) is 0 Å². The summed E-state index contributed by atoms with van der Waals surface area (Å²) in [4.78, 5) is 15.3. The summed E-state index contributed by atoms with van der Waals surface area (Å²) in [7, 11) is -3.80. The first kappa shape index (κ1) is 25.2. The monoisotopic (exact) mass is 512 g/mol. The number of hydrogen-bond acceptors (Lipinski definition) is 4. The summed E-state index contributed by atoms with van der Waals surface area (Å²) in [6.07, 6.45) is 2.04. The van der Waals surface area contributed by atoms with Crippen molar-refractivity contribution in [2.75, 3.05) is 6.54 Å². The lowest BCUT2D eigenvalue weighted by atomic mass is 10.1. The molecular formula is C27H29ClN2O4S. The van der Waals surface area contributed by atoms with Crippen LogP contribution in [0.1, 0.15) is 36.0 Å². The Morgan fingerprint density at radius 3 is 2.46 bits per heavy atom. The molecule has 4 rings (SSSR count). The molecule has 0 bridgehead atoms. The van der Waals surface area contributed by atoms with Crippen molar-refractivity contribution >= 4 is 27.5 Å². The molecule has 3 aromatic rings. The molecule has 0 aromatic heterocycles. The van der Waals surface area contributed by atoms with E-state index in [4.69, 9.17) is 16.3 Å². The Morgan fingerprint density at radius 2 is 1.71 bits per heavy atom. The molecule has 1 heterocycles. The van der Waals surface area contributed by atoms with E-state index in [0.29, 0.717) is 36.9 Å². The van der Waals surface area contributed by atoms with Crippen LogP contribution >= 0.6 is 11.6 Å². The van der Waals surface area contributed by atoms with E-state index in [1.165, 1.54) is 0 Å². The Bertz CT molecular complexity index is 1260. The maximum absolute atomic E-state index is 13.4. The Morgan fingerprint density at radius 1 is 1.00 bits per heavy atom. The van der Waals surface area contributed by atoms with Gasteiger partial charge in [0.15, 0.2) is 0 Å². The van der Waals surface area contributed by atoms with E-state index >= 15 is 0 Å². The fourth-order valence-corrected chi connectivity index (χ4v) is 5.42. The largest absolute Gasteiger partial charge is 0.489 e. The van der Waals surface area contributed by atoms with E-state index < -0.39 is 16.1 Å². The molecule has 1 atom stereocenters. The van der Waals surface area contributed by atoms with Gasteiger partial charge >= 0.3 is 0 Å². The highest BCUT2D eigenvalue weighted by atomic mass is 35.5. The van der Waals surface area contributed by atoms with Gasteiger partial charge in [0.25, 0.3) is 0 Å². The molecule has 1 saturated heterocycles. The van der Waals surface area contributed by atoms with Gasteiger partial charge in [-0.25, -0.2) is 8.42 Å². The van der Waals surface area contributed by atoms with Crippen LogP contribution in [-0.4, -0.2) is 31.8 Å². The van der Waals surface area contributed by atoms with Crippen LogP contribution < -0.4 is 9.46 Å². The average Bonchev–Trinajstić information content (AvgIpc) is 3.01. The third-order valence-corrected chi connectivity index (χ3v) is 7.79. The topological polar surface area (TPSA) is 75.7 Å². The first-order chi connectivity index (χ1) is 16.8. The number of hydrogen-bond donors (Lipinski definition) is 1. The predicted molar refractivity (Wildman–Crippen MR) is 137 cm³/mol. The number of likely N-dealkylation sites (tertiary alicyclic amines) is 1. The van der Waals surface area contributed by atoms with Crippen molar-refractivity contribution in [3.05, 3.63) is 94.5 Å². The summed E-state index contributed by atoms with van der Waals surface area (Å²) in [6, 6.07) is 20.9. The zero-order chi connectivity index (χ0) is 24.8. The SMILES string of the molecule is Cc1ccc(S(=O)(=O)NC2CCCCN(Cc3ccccc3OCc3ccc(Cl)cc3)C2=O)cc1. The third kappa shape index (κ3) is 6.63. The van der Waals surface area contributed by atoms with Crippen molar-refractivity contribution in [1.29, 1.82) is 0 Å². The summed E-state index contributed by atoms with van der Waals surface area (Å²) in [5, 5.41) is 0.668. The Balaban J connectivity index is 1.46. The van der Waals surface area contributed by atoms with Crippen LogP contribution in [-0.2, 0) is 28.0 Å². The van der Waals surface area contributed by atoms with Gasteiger partial charge in [-0.05, 0) is 62.1 Å². The number of rotatable bonds is 8. The van der Waals surface area contributed by atoms with Crippen molar-refractivity contribution in [3.8, 4) is 5.75 Å². The second-order valence-corrected chi connectivity index (χ2v) is 10.9. The molecule has 1 aliphatic heterocycles. The van der Waals surface area contributed by atoms with E-state index in [-0.39, 0.29) is 10.8 Å². The number of benzene rings is 3. The second kappa shape index (κ2) is 11.2. The standard InChI is InChI=1S/C27H29ClN2O4S/c1-20-9-15-24(16-10-20)35(32,33)29-25-7-4-5-17-30(27(25)31)18-22-6-2-3-8-26(22)34-19-21-11-13-23(28)14-12-21/h2-3,6,8-16,25,29H,4-5,7,17-19H2,1H3. The number of carbonyl (C=O) groups is 1. The van der Waals surface area contributed by atoms with Gasteiger partial charge in [0.1, 0.15) is 18.4 Å². The Kier molecular flexibility index (Phi) is 8.11. The maximum atomic E-state index is 13.4. The van der Waals surface area contributed by atoms with Gasteiger partial charge in [0.2, 0.25) is 15.9 Å². The lowest BCUT2D eigenvalue weighted by molar-refractivity contribution is -0.133. The number of ether oxygens (including phenoxy) is 1. The molecule has 1 fully saturated rings. The molecule has 0 saturated carbocycles. The molecule has 6 nitrogen and oxygen atoms in total. The first-order valence-corrected chi connectivity index (χ1v) is 13.5. The van der Waals surface area contributed by atoms with Gasteiger partial charge in [-0.15, -0.1) is 0 Å². The van der Waals surface area contributed by atoms with Crippen molar-refractivity contribution in [3.63, 3.8) is 0 Å². The molecule has 1 unspecified atom stereocenters. The molecule has 0 spiro atoms. The number of carbonyl (C=O) groups excluding carboxylic acids is 1. The van der Waals surface area contributed by atoms with Gasteiger partial charge in [-0.3, -0.25) is 4.79 Å². The van der Waals surface area contributed by atoms with E-state index in [1.807, 2.05) is 55.5 Å². The number of halogens is 1. The molecule has 0 radical (unpaired) electrons. The molecule has 0 aliphatic carbocycles. The number of nitrogens with one attached hydrogen (secondary N) is 1. The Hall–Kier alpha value is -2.87. The lowest BCUT2D eigenvalue weighted by Crippen LogP contribution is -2.47. The lowest BCUT2D eigenvalue weighted by Gasteiger charge is -2.26. The smallest absolute Gasteiger partial charge is 0.241 e. The van der Waals surface area contributed by atoms with Gasteiger partial charge < -0.3 is 9.64 Å². The third-order valence-electron chi connectivity index (χ3n) is 6.05. The number of aryl methyl sites for hydroxylation is 1. The highest BCUT2D eigenvalue weighted by Crippen LogP contribution is 2.24. The summed E-state index contributed by atoms with van der Waals surface area (Å²) < 4.78 is 34.5. The van der Waals surface area contributed by atoms with E-state index in [9.17, 15) is 13.2 Å². The quantitative estimate of drug-likeness (QED) is 0.456. The predicted octanol–water partition coefficient (Wildman–Crippen LogP) is 5.09. The first-order valence-electron chi connectivity index (χ1n) is 11.6. The van der Waals surface area contributed by atoms with Gasteiger partial charge in [0.05, 0.1) is 4.90 Å². The van der Waals surface area contributed by atoms with Crippen molar-refractivity contribution in [2.24, 2.45) is 0 Å². The minimum Gasteiger partial charge on any atom is -0.489 e. The normalized spacial score (nSPS) is 16.7. The minimum atomic E-state index is -3.80. The highest BCUT2D eigenvalue weighted by molar-refractivity contribution is 7.89. The van der Waals surface area contributed by atoms with Crippen LogP contribution in [0.2, 0.25) is 5.02 Å². The summed E-state index contributed by atoms with van der Waals surface area (Å²) in [5.74, 6) is 0.474. The number of para-hydroxylation sites is 1. The van der Waals surface area contributed by atoms with Gasteiger partial charge in [-0.1, -0.05) is 59.6 Å². The fourth-order valence-electron chi connectivity index (χ4n) is 4.07. The van der Waals surface area contributed by atoms with Gasteiger partial charge in [-0.2, -0.15) is 4.72 Å². The average molecular weight is 513 g/mol. The van der Waals surface area contributed by atoms with Gasteiger partial charge in [0, 0.05) is 23.7 Å². The molecule has 35 heavy (non-hydrogen) atoms. The molecular weight excluding hydrogens is 484 g/mol. The molecule has 184 valence electrons. The highest BCUT2D eigenvalue weighted by Gasteiger charge is 2.31. The number of sulfonamides is 1. The second-order valence-electron chi connectivity index (χ2n) is 8.77. The van der Waals surface area contributed by atoms with E-state index in [2.05, 4.69) is 4.72 Å². The van der Waals surface area contributed by atoms with Crippen LogP contribution in [0.4, 0.5) is 0 Å². The number of amides is 1. The van der Waals surface area contributed by atoms with Crippen LogP contribution in [0.3, 0.4) is 0 Å². The molecule has 1 aliphatic rings. The van der Waals surface area contributed by atoms with E-state index in [1.54, 1.807) is 29.2 Å². The summed E-state index contributed by atoms with van der Waals surface area (Å²) in [5.41, 5.74) is 2.83. The summed E-state index contributed by atoms with van der Waals surface area (Å²) >= 11 is 5.96. The van der Waals surface area contributed by atoms with Crippen LogP contribution in [0.5, 0.6) is 5.75 Å². The fraction of sp³-hybridized carbons (Fsp3) is 0.296. The summed E-state index contributed by atoms with van der Waals surface area (Å²) in [6.45, 7) is 3.18. The van der Waals surface area contributed by atoms with E-state index in [0.717, 1.165) is 29.5 Å². The van der Waals surface area contributed by atoms with Crippen LogP contribution in [0, 0.1) is 6.92 Å². The van der Waals surface area contributed by atoms with Crippen LogP contribution in [0.15, 0.2) is 77.7 Å². The minimum absolute atomic E-state index is 0.160. The zero-order valence-electron chi connectivity index (χ0n) is 19.6. The molecule has 1 amide bonds. The maximum Gasteiger partial charge on any atom is 0.241 e. The van der Waals surface area contributed by atoms with Crippen molar-refractivity contribution in [2.45, 2.75) is 50.3 Å². The molecule has 3 aromatic carbocycles. The molecule has 1 N–H and O–H groups in total. The number of nitrogens with zero attached hydrogens (tertiary/aromatic N) is 1. The Labute approximate surface area is 211 Å². The van der Waals surface area contributed by atoms with Crippen molar-refractivity contribution < 1.29 is 17.9 Å². The molecule has 8 heteroatoms.